The Bertz CT molecular complexity index is 1260. The first kappa shape index (κ1) is 23.8. The fraction of sp³-hybridized carbons (Fsp3) is 0.375. The molecule has 1 aliphatic rings. The van der Waals surface area contributed by atoms with E-state index in [0.717, 1.165) is 16.0 Å². The van der Waals surface area contributed by atoms with Crippen molar-refractivity contribution < 1.29 is 24.9 Å². The number of hydrogen-bond donors (Lipinski definition) is 4. The normalized spacial score (nSPS) is 21.7. The predicted octanol–water partition coefficient (Wildman–Crippen LogP) is 4.45. The van der Waals surface area contributed by atoms with Gasteiger partial charge in [-0.05, 0) is 60.9 Å². The number of rotatable bonds is 6. The summed E-state index contributed by atoms with van der Waals surface area (Å²) in [5, 5.41) is 33.7. The molecule has 0 aliphatic heterocycles. The Kier molecular flexibility index (Phi) is 6.13. The minimum absolute atomic E-state index is 0.105. The maximum Gasteiger partial charge on any atom is 0.354 e. The standard InChI is InChI=1S/C24H26N4O5S/c1-13-8-14(10-15(9-13)27-22-25-7-5-17(28-22)20(31)32)18-11-26-21(34-18)24(33)6-4-16(19(29)30)23(2,3)12-24/h5,7-11,16,33H,4,6,12H2,1-3H3,(H,29,30)(H,31,32)(H,25,27,28)/t16-,24-/m0/s1. The van der Waals surface area contributed by atoms with Gasteiger partial charge in [-0.25, -0.2) is 19.7 Å². The molecule has 1 fully saturated rings. The van der Waals surface area contributed by atoms with Gasteiger partial charge in [0.2, 0.25) is 5.95 Å². The van der Waals surface area contributed by atoms with E-state index in [-0.39, 0.29) is 11.6 Å². The number of aliphatic carboxylic acids is 1. The van der Waals surface area contributed by atoms with Gasteiger partial charge in [0.05, 0.1) is 10.8 Å². The van der Waals surface area contributed by atoms with Gasteiger partial charge in [0.1, 0.15) is 10.6 Å². The maximum atomic E-state index is 11.6. The van der Waals surface area contributed by atoms with Crippen LogP contribution in [-0.2, 0) is 10.4 Å². The number of hydrogen-bond acceptors (Lipinski definition) is 8. The summed E-state index contributed by atoms with van der Waals surface area (Å²) in [5.41, 5.74) is 0.693. The Balaban J connectivity index is 1.59. The van der Waals surface area contributed by atoms with Crippen LogP contribution in [0, 0.1) is 18.3 Å². The van der Waals surface area contributed by atoms with Crippen LogP contribution in [0.25, 0.3) is 10.4 Å². The minimum atomic E-state index is -1.17. The quantitative estimate of drug-likeness (QED) is 0.400. The SMILES string of the molecule is Cc1cc(Nc2nccc(C(=O)O)n2)cc(-c2cnc([C@]3(O)CC[C@@H](C(=O)O)C(C)(C)C3)s2)c1. The van der Waals surface area contributed by atoms with Gasteiger partial charge in [0.15, 0.2) is 5.69 Å². The van der Waals surface area contributed by atoms with E-state index >= 15 is 0 Å². The fourth-order valence-electron chi connectivity index (χ4n) is 4.67. The molecular weight excluding hydrogens is 456 g/mol. The van der Waals surface area contributed by atoms with Gasteiger partial charge in [-0.15, -0.1) is 11.3 Å². The summed E-state index contributed by atoms with van der Waals surface area (Å²) < 4.78 is 0. The molecule has 2 aromatic heterocycles. The van der Waals surface area contributed by atoms with E-state index in [4.69, 9.17) is 5.11 Å². The molecule has 3 aromatic rings. The number of carbonyl (C=O) groups is 2. The summed E-state index contributed by atoms with van der Waals surface area (Å²) in [5.74, 6) is -2.29. The molecule has 4 rings (SSSR count). The van der Waals surface area contributed by atoms with Gasteiger partial charge in [-0.3, -0.25) is 4.79 Å². The van der Waals surface area contributed by atoms with Crippen molar-refractivity contribution in [1.82, 2.24) is 15.0 Å². The number of nitrogens with one attached hydrogen (secondary N) is 1. The largest absolute Gasteiger partial charge is 0.481 e. The van der Waals surface area contributed by atoms with Gasteiger partial charge in [0.25, 0.3) is 0 Å². The van der Waals surface area contributed by atoms with Gasteiger partial charge in [-0.2, -0.15) is 0 Å². The van der Waals surface area contributed by atoms with E-state index in [2.05, 4.69) is 20.3 Å². The molecule has 34 heavy (non-hydrogen) atoms. The van der Waals surface area contributed by atoms with Crippen LogP contribution < -0.4 is 5.32 Å². The topological polar surface area (TPSA) is 146 Å². The zero-order chi connectivity index (χ0) is 24.7. The van der Waals surface area contributed by atoms with E-state index in [1.807, 2.05) is 39.0 Å². The van der Waals surface area contributed by atoms with Crippen LogP contribution in [0.5, 0.6) is 0 Å². The zero-order valence-electron chi connectivity index (χ0n) is 19.1. The molecule has 9 nitrogen and oxygen atoms in total. The van der Waals surface area contributed by atoms with Crippen molar-refractivity contribution in [1.29, 1.82) is 0 Å². The molecule has 2 heterocycles. The number of anilines is 2. The highest BCUT2D eigenvalue weighted by molar-refractivity contribution is 7.15. The van der Waals surface area contributed by atoms with Crippen molar-refractivity contribution in [3.63, 3.8) is 0 Å². The Morgan fingerprint density at radius 3 is 2.62 bits per heavy atom. The minimum Gasteiger partial charge on any atom is -0.481 e. The third-order valence-electron chi connectivity index (χ3n) is 6.23. The number of benzene rings is 1. The first-order valence-electron chi connectivity index (χ1n) is 10.8. The lowest BCUT2D eigenvalue weighted by Gasteiger charge is -2.44. The Morgan fingerprint density at radius 2 is 1.94 bits per heavy atom. The molecule has 1 aliphatic carbocycles. The Hall–Kier alpha value is -3.37. The Morgan fingerprint density at radius 1 is 1.18 bits per heavy atom. The molecular formula is C24H26N4O5S. The molecule has 1 saturated carbocycles. The van der Waals surface area contributed by atoms with Gasteiger partial charge >= 0.3 is 11.9 Å². The second kappa shape index (κ2) is 8.77. The molecule has 0 saturated heterocycles. The number of aromatic carboxylic acids is 1. The van der Waals surface area contributed by atoms with Crippen LogP contribution in [0.3, 0.4) is 0 Å². The number of nitrogens with zero attached hydrogens (tertiary/aromatic N) is 3. The van der Waals surface area contributed by atoms with E-state index in [0.29, 0.717) is 30.0 Å². The van der Waals surface area contributed by atoms with E-state index in [9.17, 15) is 19.8 Å². The third-order valence-corrected chi connectivity index (χ3v) is 7.47. The molecule has 0 radical (unpaired) electrons. The summed E-state index contributed by atoms with van der Waals surface area (Å²) >= 11 is 1.39. The van der Waals surface area contributed by atoms with Gasteiger partial charge in [0, 0.05) is 18.1 Å². The molecule has 10 heteroatoms. The summed E-state index contributed by atoms with van der Waals surface area (Å²) in [6, 6.07) is 7.10. The summed E-state index contributed by atoms with van der Waals surface area (Å²) in [6.07, 6.45) is 4.16. The zero-order valence-corrected chi connectivity index (χ0v) is 19.9. The lowest BCUT2D eigenvalue weighted by Crippen LogP contribution is -2.44. The molecule has 0 unspecified atom stereocenters. The second-order valence-electron chi connectivity index (χ2n) is 9.44. The molecule has 1 aromatic carbocycles. The van der Waals surface area contributed by atoms with Crippen LogP contribution in [-0.4, -0.2) is 42.2 Å². The molecule has 178 valence electrons. The van der Waals surface area contributed by atoms with Crippen molar-refractivity contribution in [3.8, 4) is 10.4 Å². The van der Waals surface area contributed by atoms with Crippen molar-refractivity contribution in [2.24, 2.45) is 11.3 Å². The number of carboxylic acid groups (broad SMARTS) is 2. The van der Waals surface area contributed by atoms with Crippen LogP contribution >= 0.6 is 11.3 Å². The lowest BCUT2D eigenvalue weighted by molar-refractivity contribution is -0.154. The summed E-state index contributed by atoms with van der Waals surface area (Å²) in [7, 11) is 0. The van der Waals surface area contributed by atoms with Gasteiger partial charge < -0.3 is 20.6 Å². The first-order chi connectivity index (χ1) is 16.0. The average Bonchev–Trinajstić information content (AvgIpc) is 3.24. The van der Waals surface area contributed by atoms with Gasteiger partial charge in [-0.1, -0.05) is 19.9 Å². The van der Waals surface area contributed by atoms with Crippen molar-refractivity contribution in [3.05, 3.63) is 52.9 Å². The van der Waals surface area contributed by atoms with Crippen molar-refractivity contribution >= 4 is 34.9 Å². The molecule has 4 N–H and O–H groups in total. The fourth-order valence-corrected chi connectivity index (χ4v) is 5.69. The Labute approximate surface area is 200 Å². The lowest BCUT2D eigenvalue weighted by atomic mass is 9.63. The summed E-state index contributed by atoms with van der Waals surface area (Å²) in [4.78, 5) is 36.2. The monoisotopic (exact) mass is 482 g/mol. The molecule has 0 spiro atoms. The molecule has 0 amide bonds. The summed E-state index contributed by atoms with van der Waals surface area (Å²) in [6.45, 7) is 5.70. The number of aromatic nitrogens is 3. The van der Waals surface area contributed by atoms with E-state index < -0.39 is 28.9 Å². The number of carboxylic acids is 2. The van der Waals surface area contributed by atoms with Crippen molar-refractivity contribution in [2.75, 3.05) is 5.32 Å². The number of aryl methyl sites for hydroxylation is 1. The number of thiazole rings is 1. The predicted molar refractivity (Wildman–Crippen MR) is 127 cm³/mol. The van der Waals surface area contributed by atoms with Crippen molar-refractivity contribution in [2.45, 2.75) is 45.6 Å². The maximum absolute atomic E-state index is 11.6. The highest BCUT2D eigenvalue weighted by Crippen LogP contribution is 2.50. The molecule has 0 bridgehead atoms. The van der Waals surface area contributed by atoms with E-state index in [1.54, 1.807) is 6.20 Å². The highest BCUT2D eigenvalue weighted by atomic mass is 32.1. The van der Waals surface area contributed by atoms with Crippen LogP contribution in [0.15, 0.2) is 36.7 Å². The average molecular weight is 483 g/mol. The third kappa shape index (κ3) is 4.78. The number of aliphatic hydroxyl groups is 1. The first-order valence-corrected chi connectivity index (χ1v) is 11.7. The van der Waals surface area contributed by atoms with Crippen LogP contribution in [0.1, 0.15) is 54.2 Å². The van der Waals surface area contributed by atoms with Crippen LogP contribution in [0.4, 0.5) is 11.6 Å². The molecule has 2 atom stereocenters. The van der Waals surface area contributed by atoms with E-state index in [1.165, 1.54) is 23.6 Å². The highest BCUT2D eigenvalue weighted by Gasteiger charge is 2.49. The smallest absolute Gasteiger partial charge is 0.354 e. The second-order valence-corrected chi connectivity index (χ2v) is 10.5. The van der Waals surface area contributed by atoms with Crippen LogP contribution in [0.2, 0.25) is 0 Å².